The zero-order chi connectivity index (χ0) is 21.1. The maximum Gasteiger partial charge on any atom is 0.191 e. The minimum atomic E-state index is 0. The number of hydrogen-bond acceptors (Lipinski definition) is 4. The number of rotatable bonds is 10. The molecule has 6 nitrogen and oxygen atoms in total. The average molecular weight is 532 g/mol. The minimum absolute atomic E-state index is 0. The van der Waals surface area contributed by atoms with E-state index in [0.717, 1.165) is 51.8 Å². The van der Waals surface area contributed by atoms with Gasteiger partial charge in [0.2, 0.25) is 0 Å². The van der Waals surface area contributed by atoms with Crippen molar-refractivity contribution in [3.8, 4) is 0 Å². The Morgan fingerprint density at radius 3 is 2.27 bits per heavy atom. The lowest BCUT2D eigenvalue weighted by Gasteiger charge is -2.40. The van der Waals surface area contributed by atoms with Crippen LogP contribution in [0.5, 0.6) is 0 Å². The van der Waals surface area contributed by atoms with Gasteiger partial charge in [0.15, 0.2) is 5.96 Å². The first-order valence-electron chi connectivity index (χ1n) is 11.0. The van der Waals surface area contributed by atoms with E-state index in [1.165, 1.54) is 5.56 Å². The number of nitrogens with one attached hydrogen (secondary N) is 2. The second-order valence-electron chi connectivity index (χ2n) is 8.59. The normalized spacial score (nSPS) is 18.0. The maximum absolute atomic E-state index is 5.85. The lowest BCUT2D eigenvalue weighted by atomic mass is 10.0. The molecule has 30 heavy (non-hydrogen) atoms. The molecule has 0 amide bonds. The number of likely N-dealkylation sites (N-methyl/N-ethyl adjacent to an activating group) is 1. The highest BCUT2D eigenvalue weighted by Crippen LogP contribution is 2.12. The molecule has 0 saturated carbocycles. The molecule has 0 bridgehead atoms. The fraction of sp³-hybridized carbons (Fsp3) is 0.696. The van der Waals surface area contributed by atoms with E-state index >= 15 is 0 Å². The van der Waals surface area contributed by atoms with Crippen molar-refractivity contribution in [1.82, 2.24) is 20.4 Å². The van der Waals surface area contributed by atoms with Crippen LogP contribution in [-0.2, 0) is 11.3 Å². The molecule has 0 aromatic heterocycles. The summed E-state index contributed by atoms with van der Waals surface area (Å²) in [6.45, 7) is 14.6. The van der Waals surface area contributed by atoms with E-state index in [-0.39, 0.29) is 24.0 Å². The molecule has 0 aliphatic carbocycles. The highest BCUT2D eigenvalue weighted by molar-refractivity contribution is 14.0. The van der Waals surface area contributed by atoms with Gasteiger partial charge in [0, 0.05) is 52.4 Å². The molecular formula is C23H42IN5O. The van der Waals surface area contributed by atoms with Gasteiger partial charge in [-0.05, 0) is 24.4 Å². The molecule has 1 saturated heterocycles. The van der Waals surface area contributed by atoms with Crippen molar-refractivity contribution in [2.24, 2.45) is 16.8 Å². The zero-order valence-corrected chi connectivity index (χ0v) is 21.8. The van der Waals surface area contributed by atoms with Crippen LogP contribution in [0.25, 0.3) is 0 Å². The topological polar surface area (TPSA) is 52.1 Å². The highest BCUT2D eigenvalue weighted by atomic mass is 127. The fourth-order valence-corrected chi connectivity index (χ4v) is 3.64. The molecule has 0 spiro atoms. The van der Waals surface area contributed by atoms with E-state index in [1.54, 1.807) is 0 Å². The number of hydrogen-bond donors (Lipinski definition) is 2. The van der Waals surface area contributed by atoms with E-state index in [9.17, 15) is 0 Å². The molecule has 2 rings (SSSR count). The van der Waals surface area contributed by atoms with Crippen LogP contribution in [-0.4, -0.2) is 81.8 Å². The first-order valence-corrected chi connectivity index (χ1v) is 11.0. The standard InChI is InChI=1S/C23H41N5O.HI/c1-19(2)22(28-13-11-27(5)12-14-28)16-26-23(24-4)25-15-20(3)17-29-18-21-9-7-6-8-10-21;/h6-10,19-20,22H,11-18H2,1-5H3,(H2,24,25,26);1H. The third-order valence-electron chi connectivity index (χ3n) is 5.61. The second-order valence-corrected chi connectivity index (χ2v) is 8.59. The van der Waals surface area contributed by atoms with Crippen molar-refractivity contribution in [2.45, 2.75) is 33.4 Å². The number of aliphatic imine (C=N–C) groups is 1. The van der Waals surface area contributed by atoms with Crippen molar-refractivity contribution in [3.05, 3.63) is 35.9 Å². The summed E-state index contributed by atoms with van der Waals surface area (Å²) in [6.07, 6.45) is 0. The minimum Gasteiger partial charge on any atom is -0.376 e. The Bertz CT molecular complexity index is 591. The summed E-state index contributed by atoms with van der Waals surface area (Å²) in [6, 6.07) is 10.8. The average Bonchev–Trinajstić information content (AvgIpc) is 2.72. The number of nitrogens with zero attached hydrogens (tertiary/aromatic N) is 3. The molecule has 2 unspecified atom stereocenters. The van der Waals surface area contributed by atoms with Crippen molar-refractivity contribution < 1.29 is 4.74 Å². The fourth-order valence-electron chi connectivity index (χ4n) is 3.64. The number of ether oxygens (including phenoxy) is 1. The molecule has 2 atom stereocenters. The van der Waals surface area contributed by atoms with E-state index < -0.39 is 0 Å². The zero-order valence-electron chi connectivity index (χ0n) is 19.4. The Kier molecular flexibility index (Phi) is 13.6. The van der Waals surface area contributed by atoms with E-state index in [0.29, 0.717) is 24.5 Å². The summed E-state index contributed by atoms with van der Waals surface area (Å²) in [4.78, 5) is 9.43. The largest absolute Gasteiger partial charge is 0.376 e. The molecule has 172 valence electrons. The monoisotopic (exact) mass is 531 g/mol. The van der Waals surface area contributed by atoms with E-state index in [4.69, 9.17) is 4.74 Å². The van der Waals surface area contributed by atoms with Gasteiger partial charge in [-0.1, -0.05) is 51.1 Å². The molecule has 0 radical (unpaired) electrons. The van der Waals surface area contributed by atoms with Crippen molar-refractivity contribution >= 4 is 29.9 Å². The van der Waals surface area contributed by atoms with Crippen LogP contribution in [0.4, 0.5) is 0 Å². The summed E-state index contributed by atoms with van der Waals surface area (Å²) in [5.41, 5.74) is 1.22. The summed E-state index contributed by atoms with van der Waals surface area (Å²) < 4.78 is 5.85. The molecule has 1 aliphatic heterocycles. The van der Waals surface area contributed by atoms with Gasteiger partial charge in [0.1, 0.15) is 0 Å². The Labute approximate surface area is 200 Å². The second kappa shape index (κ2) is 15.0. The van der Waals surface area contributed by atoms with Crippen LogP contribution in [0, 0.1) is 11.8 Å². The SMILES string of the molecule is CN=C(NCC(C)COCc1ccccc1)NCC(C(C)C)N1CCN(C)CC1.I. The summed E-state index contributed by atoms with van der Waals surface area (Å²) in [5.74, 6) is 1.89. The van der Waals surface area contributed by atoms with Crippen molar-refractivity contribution in [1.29, 1.82) is 0 Å². The molecule has 1 aromatic rings. The van der Waals surface area contributed by atoms with Crippen molar-refractivity contribution in [2.75, 3.05) is 60.0 Å². The van der Waals surface area contributed by atoms with Gasteiger partial charge in [0.05, 0.1) is 13.2 Å². The van der Waals surface area contributed by atoms with E-state index in [2.05, 4.69) is 65.4 Å². The quantitative estimate of drug-likeness (QED) is 0.276. The van der Waals surface area contributed by atoms with Gasteiger partial charge in [-0.15, -0.1) is 24.0 Å². The third-order valence-corrected chi connectivity index (χ3v) is 5.61. The van der Waals surface area contributed by atoms with Gasteiger partial charge in [0.25, 0.3) is 0 Å². The van der Waals surface area contributed by atoms with Gasteiger partial charge >= 0.3 is 0 Å². The van der Waals surface area contributed by atoms with Crippen LogP contribution in [0.15, 0.2) is 35.3 Å². The molecule has 1 fully saturated rings. The van der Waals surface area contributed by atoms with Crippen molar-refractivity contribution in [3.63, 3.8) is 0 Å². The Balaban J connectivity index is 0.00000450. The lowest BCUT2D eigenvalue weighted by Crippen LogP contribution is -2.55. The first kappa shape index (κ1) is 27.1. The number of guanidine groups is 1. The van der Waals surface area contributed by atoms with Crippen LogP contribution < -0.4 is 10.6 Å². The first-order chi connectivity index (χ1) is 14.0. The summed E-state index contributed by atoms with van der Waals surface area (Å²) in [5, 5.41) is 6.99. The number of piperazine rings is 1. The van der Waals surface area contributed by atoms with Gasteiger partial charge in [-0.2, -0.15) is 0 Å². The van der Waals surface area contributed by atoms with Crippen LogP contribution in [0.3, 0.4) is 0 Å². The summed E-state index contributed by atoms with van der Waals surface area (Å²) in [7, 11) is 4.04. The third kappa shape index (κ3) is 9.94. The molecule has 1 aromatic carbocycles. The predicted molar refractivity (Wildman–Crippen MR) is 138 cm³/mol. The number of halogens is 1. The Morgan fingerprint density at radius 2 is 1.67 bits per heavy atom. The molecule has 1 aliphatic rings. The van der Waals surface area contributed by atoms with Crippen LogP contribution >= 0.6 is 24.0 Å². The van der Waals surface area contributed by atoms with Gasteiger partial charge < -0.3 is 20.3 Å². The molecular weight excluding hydrogens is 489 g/mol. The Hall–Kier alpha value is -0.900. The highest BCUT2D eigenvalue weighted by Gasteiger charge is 2.25. The molecule has 7 heteroatoms. The predicted octanol–water partition coefficient (Wildman–Crippen LogP) is 2.89. The molecule has 2 N–H and O–H groups in total. The van der Waals surface area contributed by atoms with E-state index in [1.807, 2.05) is 25.2 Å². The van der Waals surface area contributed by atoms with Crippen LogP contribution in [0.2, 0.25) is 0 Å². The lowest BCUT2D eigenvalue weighted by molar-refractivity contribution is 0.0895. The smallest absolute Gasteiger partial charge is 0.191 e. The van der Waals surface area contributed by atoms with Crippen LogP contribution in [0.1, 0.15) is 26.3 Å². The Morgan fingerprint density at radius 1 is 1.03 bits per heavy atom. The maximum atomic E-state index is 5.85. The molecule has 1 heterocycles. The van der Waals surface area contributed by atoms with Gasteiger partial charge in [-0.3, -0.25) is 9.89 Å². The summed E-state index contributed by atoms with van der Waals surface area (Å²) >= 11 is 0. The van der Waals surface area contributed by atoms with Gasteiger partial charge in [-0.25, -0.2) is 0 Å². The number of benzene rings is 1.